The number of rotatable bonds is 4. The van der Waals surface area contributed by atoms with Gasteiger partial charge in [-0.3, -0.25) is 0 Å². The second-order valence-electron chi connectivity index (χ2n) is 4.22. The summed E-state index contributed by atoms with van der Waals surface area (Å²) >= 11 is 7.43. The molecular weight excluding hydrogens is 269 g/mol. The van der Waals surface area contributed by atoms with Crippen LogP contribution in [0.2, 0.25) is 5.02 Å². The minimum absolute atomic E-state index is 0.0380. The molecule has 2 N–H and O–H groups in total. The summed E-state index contributed by atoms with van der Waals surface area (Å²) in [5.74, 6) is -0.253. The largest absolute Gasteiger partial charge is 0.323 e. The molecule has 2 aromatic rings. The van der Waals surface area contributed by atoms with Gasteiger partial charge >= 0.3 is 0 Å². The molecule has 0 saturated heterocycles. The van der Waals surface area contributed by atoms with Crippen molar-refractivity contribution < 1.29 is 4.39 Å². The zero-order valence-corrected chi connectivity index (χ0v) is 11.7. The molecule has 0 spiro atoms. The van der Waals surface area contributed by atoms with Crippen molar-refractivity contribution in [1.29, 1.82) is 0 Å². The smallest absolute Gasteiger partial charge is 0.131 e. The van der Waals surface area contributed by atoms with Crippen LogP contribution in [0.5, 0.6) is 0 Å². The average Bonchev–Trinajstić information content (AvgIpc) is 2.82. The number of halogens is 2. The van der Waals surface area contributed by atoms with Gasteiger partial charge in [0.1, 0.15) is 5.82 Å². The predicted octanol–water partition coefficient (Wildman–Crippen LogP) is 5.01. The molecule has 0 aliphatic heterocycles. The van der Waals surface area contributed by atoms with Crippen molar-refractivity contribution in [2.45, 2.75) is 25.8 Å². The van der Waals surface area contributed by atoms with Crippen molar-refractivity contribution in [3.8, 4) is 10.4 Å². The van der Waals surface area contributed by atoms with E-state index in [2.05, 4.69) is 6.92 Å². The third-order valence-corrected chi connectivity index (χ3v) is 4.27. The van der Waals surface area contributed by atoms with Gasteiger partial charge in [0.2, 0.25) is 0 Å². The van der Waals surface area contributed by atoms with E-state index in [1.807, 2.05) is 12.1 Å². The summed E-state index contributed by atoms with van der Waals surface area (Å²) in [6.45, 7) is 2.10. The molecule has 1 heterocycles. The third kappa shape index (κ3) is 2.91. The fraction of sp³-hybridized carbons (Fsp3) is 0.286. The van der Waals surface area contributed by atoms with Crippen molar-refractivity contribution in [3.05, 3.63) is 46.0 Å². The molecule has 0 fully saturated rings. The Bertz CT molecular complexity index is 538. The van der Waals surface area contributed by atoms with E-state index in [9.17, 15) is 4.39 Å². The fourth-order valence-corrected chi connectivity index (χ4v) is 3.07. The second kappa shape index (κ2) is 5.83. The van der Waals surface area contributed by atoms with Crippen molar-refractivity contribution in [2.24, 2.45) is 5.73 Å². The Balaban J connectivity index is 2.32. The van der Waals surface area contributed by atoms with Gasteiger partial charge in [0.05, 0.1) is 0 Å². The summed E-state index contributed by atoms with van der Waals surface area (Å²) in [4.78, 5) is 1.96. The van der Waals surface area contributed by atoms with Crippen LogP contribution in [0.4, 0.5) is 4.39 Å². The molecule has 18 heavy (non-hydrogen) atoms. The molecule has 1 nitrogen and oxygen atoms in total. The minimum Gasteiger partial charge on any atom is -0.323 e. The normalized spacial score (nSPS) is 12.7. The number of thiophene rings is 1. The van der Waals surface area contributed by atoms with E-state index in [1.165, 1.54) is 17.4 Å². The molecule has 1 aromatic heterocycles. The Morgan fingerprint density at radius 2 is 2.11 bits per heavy atom. The first kappa shape index (κ1) is 13.5. The molecule has 1 unspecified atom stereocenters. The van der Waals surface area contributed by atoms with Crippen LogP contribution in [0.15, 0.2) is 30.3 Å². The van der Waals surface area contributed by atoms with Gasteiger partial charge in [0, 0.05) is 26.4 Å². The van der Waals surface area contributed by atoms with Crippen molar-refractivity contribution in [1.82, 2.24) is 0 Å². The van der Waals surface area contributed by atoms with Crippen LogP contribution in [0.1, 0.15) is 30.7 Å². The maximum atomic E-state index is 13.7. The van der Waals surface area contributed by atoms with Crippen LogP contribution < -0.4 is 5.73 Å². The Hall–Kier alpha value is -0.900. The molecule has 2 rings (SSSR count). The van der Waals surface area contributed by atoms with Gasteiger partial charge in [0.15, 0.2) is 0 Å². The van der Waals surface area contributed by atoms with Crippen molar-refractivity contribution >= 4 is 22.9 Å². The summed E-state index contributed by atoms with van der Waals surface area (Å²) in [6, 6.07) is 8.51. The molecule has 4 heteroatoms. The summed E-state index contributed by atoms with van der Waals surface area (Å²) in [6.07, 6.45) is 1.98. The summed E-state index contributed by atoms with van der Waals surface area (Å²) in [7, 11) is 0. The van der Waals surface area contributed by atoms with Crippen molar-refractivity contribution in [3.63, 3.8) is 0 Å². The SMILES string of the molecule is CCCC(N)c1ccc(-c2cc(Cl)ccc2F)s1. The Morgan fingerprint density at radius 3 is 2.83 bits per heavy atom. The topological polar surface area (TPSA) is 26.0 Å². The highest BCUT2D eigenvalue weighted by atomic mass is 35.5. The lowest BCUT2D eigenvalue weighted by molar-refractivity contribution is 0.631. The lowest BCUT2D eigenvalue weighted by Crippen LogP contribution is -2.07. The van der Waals surface area contributed by atoms with Gasteiger partial charge < -0.3 is 5.73 Å². The molecular formula is C14H15ClFNS. The van der Waals surface area contributed by atoms with E-state index in [1.54, 1.807) is 12.1 Å². The quantitative estimate of drug-likeness (QED) is 0.839. The van der Waals surface area contributed by atoms with Gasteiger partial charge in [0.25, 0.3) is 0 Å². The number of hydrogen-bond acceptors (Lipinski definition) is 2. The van der Waals surface area contributed by atoms with E-state index in [0.29, 0.717) is 10.6 Å². The lowest BCUT2D eigenvalue weighted by Gasteiger charge is -2.06. The van der Waals surface area contributed by atoms with Crippen LogP contribution in [-0.2, 0) is 0 Å². The zero-order chi connectivity index (χ0) is 13.1. The molecule has 0 saturated carbocycles. The summed E-state index contributed by atoms with van der Waals surface area (Å²) in [5, 5.41) is 0.541. The molecule has 0 bridgehead atoms. The summed E-state index contributed by atoms with van der Waals surface area (Å²) in [5.41, 5.74) is 6.60. The van der Waals surface area contributed by atoms with Gasteiger partial charge in [-0.25, -0.2) is 4.39 Å². The summed E-state index contributed by atoms with van der Waals surface area (Å²) < 4.78 is 13.7. The molecule has 0 aliphatic carbocycles. The van der Waals surface area contributed by atoms with Crippen LogP contribution >= 0.6 is 22.9 Å². The van der Waals surface area contributed by atoms with Crippen LogP contribution in [0.25, 0.3) is 10.4 Å². The third-order valence-electron chi connectivity index (χ3n) is 2.79. The zero-order valence-electron chi connectivity index (χ0n) is 10.1. The van der Waals surface area contributed by atoms with Crippen LogP contribution in [0.3, 0.4) is 0 Å². The number of hydrogen-bond donors (Lipinski definition) is 1. The van der Waals surface area contributed by atoms with Gasteiger partial charge in [-0.05, 0) is 36.8 Å². The predicted molar refractivity (Wildman–Crippen MR) is 76.6 cm³/mol. The van der Waals surface area contributed by atoms with Crippen LogP contribution in [0, 0.1) is 5.82 Å². The standard InChI is InChI=1S/C14H15ClFNS/c1-2-3-12(17)14-7-6-13(18-14)10-8-9(15)4-5-11(10)16/h4-8,12H,2-3,17H2,1H3. The first-order valence-electron chi connectivity index (χ1n) is 5.92. The van der Waals surface area contributed by atoms with E-state index in [0.717, 1.165) is 22.6 Å². The molecule has 0 amide bonds. The van der Waals surface area contributed by atoms with Crippen LogP contribution in [-0.4, -0.2) is 0 Å². The molecule has 0 radical (unpaired) electrons. The average molecular weight is 284 g/mol. The van der Waals surface area contributed by atoms with Crippen molar-refractivity contribution in [2.75, 3.05) is 0 Å². The van der Waals surface area contributed by atoms with E-state index < -0.39 is 0 Å². The van der Waals surface area contributed by atoms with Gasteiger partial charge in [-0.1, -0.05) is 24.9 Å². The highest BCUT2D eigenvalue weighted by Gasteiger charge is 2.12. The fourth-order valence-electron chi connectivity index (χ4n) is 1.84. The first-order chi connectivity index (χ1) is 8.61. The first-order valence-corrected chi connectivity index (χ1v) is 7.12. The highest BCUT2D eigenvalue weighted by Crippen LogP contribution is 2.34. The van der Waals surface area contributed by atoms with E-state index in [-0.39, 0.29) is 11.9 Å². The maximum absolute atomic E-state index is 13.7. The van der Waals surface area contributed by atoms with Gasteiger partial charge in [-0.2, -0.15) is 0 Å². The molecule has 0 aliphatic rings. The number of benzene rings is 1. The maximum Gasteiger partial charge on any atom is 0.131 e. The Labute approximate surface area is 115 Å². The van der Waals surface area contributed by atoms with E-state index >= 15 is 0 Å². The van der Waals surface area contributed by atoms with Gasteiger partial charge in [-0.15, -0.1) is 11.3 Å². The molecule has 96 valence electrons. The van der Waals surface area contributed by atoms with E-state index in [4.69, 9.17) is 17.3 Å². The minimum atomic E-state index is -0.253. The second-order valence-corrected chi connectivity index (χ2v) is 5.77. The number of nitrogens with two attached hydrogens (primary N) is 1. The highest BCUT2D eigenvalue weighted by molar-refractivity contribution is 7.15. The molecule has 1 atom stereocenters. The monoisotopic (exact) mass is 283 g/mol. The lowest BCUT2D eigenvalue weighted by atomic mass is 10.1. The Kier molecular flexibility index (Phi) is 4.38. The molecule has 1 aromatic carbocycles. The Morgan fingerprint density at radius 1 is 1.33 bits per heavy atom.